The van der Waals surface area contributed by atoms with E-state index in [0.29, 0.717) is 5.41 Å². The van der Waals surface area contributed by atoms with Gasteiger partial charge >= 0.3 is 0 Å². The SMILES string of the molecule is CCCCCCCOC1(CI)CCC(C(C)(C)C)CC1. The molecule has 1 aliphatic rings. The van der Waals surface area contributed by atoms with Crippen molar-refractivity contribution in [1.29, 1.82) is 0 Å². The Balaban J connectivity index is 2.28. The lowest BCUT2D eigenvalue weighted by Gasteiger charge is -2.43. The molecule has 0 unspecified atom stereocenters. The number of unbranched alkanes of at least 4 members (excludes halogenated alkanes) is 4. The molecule has 1 saturated carbocycles. The molecule has 0 atom stereocenters. The predicted molar refractivity (Wildman–Crippen MR) is 97.7 cm³/mol. The lowest BCUT2D eigenvalue weighted by atomic mass is 9.69. The molecule has 0 saturated heterocycles. The van der Waals surface area contributed by atoms with Crippen LogP contribution in [0.3, 0.4) is 0 Å². The molecule has 0 N–H and O–H groups in total. The average molecular weight is 394 g/mol. The normalized spacial score (nSPS) is 27.8. The minimum absolute atomic E-state index is 0.201. The fraction of sp³-hybridized carbons (Fsp3) is 1.00. The summed E-state index contributed by atoms with van der Waals surface area (Å²) < 4.78 is 7.52. The largest absolute Gasteiger partial charge is 0.374 e. The van der Waals surface area contributed by atoms with Gasteiger partial charge in [0.2, 0.25) is 0 Å². The van der Waals surface area contributed by atoms with Gasteiger partial charge in [-0.3, -0.25) is 0 Å². The molecular formula is C18H35IO. The highest BCUT2D eigenvalue weighted by Crippen LogP contribution is 2.43. The van der Waals surface area contributed by atoms with Gasteiger partial charge in [-0.1, -0.05) is 76.0 Å². The van der Waals surface area contributed by atoms with Gasteiger partial charge in [0.05, 0.1) is 5.60 Å². The van der Waals surface area contributed by atoms with Crippen molar-refractivity contribution in [3.05, 3.63) is 0 Å². The van der Waals surface area contributed by atoms with Gasteiger partial charge in [0, 0.05) is 11.0 Å². The van der Waals surface area contributed by atoms with Crippen LogP contribution in [0.1, 0.15) is 85.5 Å². The number of hydrogen-bond donors (Lipinski definition) is 0. The summed E-state index contributed by atoms with van der Waals surface area (Å²) in [6.07, 6.45) is 11.9. The Morgan fingerprint density at radius 3 is 2.15 bits per heavy atom. The van der Waals surface area contributed by atoms with Gasteiger partial charge in [0.15, 0.2) is 0 Å². The zero-order chi connectivity index (χ0) is 15.1. The number of hydrogen-bond acceptors (Lipinski definition) is 1. The minimum atomic E-state index is 0.201. The van der Waals surface area contributed by atoms with E-state index in [2.05, 4.69) is 50.3 Å². The first-order valence-electron chi connectivity index (χ1n) is 8.63. The molecule has 1 nitrogen and oxygen atoms in total. The van der Waals surface area contributed by atoms with Crippen molar-refractivity contribution >= 4 is 22.6 Å². The molecule has 0 heterocycles. The van der Waals surface area contributed by atoms with E-state index < -0.39 is 0 Å². The quantitative estimate of drug-likeness (QED) is 0.264. The molecular weight excluding hydrogens is 359 g/mol. The highest BCUT2D eigenvalue weighted by atomic mass is 127. The highest BCUT2D eigenvalue weighted by Gasteiger charge is 2.38. The van der Waals surface area contributed by atoms with Gasteiger partial charge in [-0.2, -0.15) is 0 Å². The highest BCUT2D eigenvalue weighted by molar-refractivity contribution is 14.1. The molecule has 20 heavy (non-hydrogen) atoms. The van der Waals surface area contributed by atoms with Gasteiger partial charge in [0.25, 0.3) is 0 Å². The molecule has 0 aromatic rings. The molecule has 0 bridgehead atoms. The molecule has 0 aliphatic heterocycles. The number of rotatable bonds is 8. The van der Waals surface area contributed by atoms with Gasteiger partial charge in [-0.15, -0.1) is 0 Å². The Kier molecular flexibility index (Phi) is 8.40. The smallest absolute Gasteiger partial charge is 0.0771 e. The van der Waals surface area contributed by atoms with E-state index in [0.717, 1.165) is 17.0 Å². The van der Waals surface area contributed by atoms with Crippen molar-refractivity contribution in [2.75, 3.05) is 11.0 Å². The van der Waals surface area contributed by atoms with Crippen LogP contribution in [0.25, 0.3) is 0 Å². The van der Waals surface area contributed by atoms with Crippen molar-refractivity contribution in [3.8, 4) is 0 Å². The van der Waals surface area contributed by atoms with Gasteiger partial charge in [-0.05, 0) is 43.4 Å². The monoisotopic (exact) mass is 394 g/mol. The van der Waals surface area contributed by atoms with Crippen LogP contribution < -0.4 is 0 Å². The Bertz CT molecular complexity index is 249. The van der Waals surface area contributed by atoms with Crippen molar-refractivity contribution in [2.24, 2.45) is 11.3 Å². The van der Waals surface area contributed by atoms with Gasteiger partial charge in [0.1, 0.15) is 0 Å². The summed E-state index contributed by atoms with van der Waals surface area (Å²) in [6.45, 7) is 10.4. The fourth-order valence-corrected chi connectivity index (χ4v) is 4.30. The third-order valence-corrected chi connectivity index (χ3v) is 6.41. The van der Waals surface area contributed by atoms with Crippen LogP contribution in [0.5, 0.6) is 0 Å². The zero-order valence-electron chi connectivity index (χ0n) is 14.1. The maximum absolute atomic E-state index is 6.35. The second-order valence-electron chi connectivity index (χ2n) is 7.72. The summed E-state index contributed by atoms with van der Waals surface area (Å²) >= 11 is 2.54. The Labute approximate surface area is 140 Å². The first-order valence-corrected chi connectivity index (χ1v) is 10.2. The number of alkyl halides is 1. The van der Waals surface area contributed by atoms with Crippen molar-refractivity contribution in [1.82, 2.24) is 0 Å². The lowest BCUT2D eigenvalue weighted by Crippen LogP contribution is -2.41. The standard InChI is InChI=1S/C18H35IO/c1-5-6-7-8-9-14-20-18(15-19)12-10-16(11-13-18)17(2,3)4/h16H,5-15H2,1-4H3. The number of ether oxygens (including phenoxy) is 1. The molecule has 0 spiro atoms. The summed E-state index contributed by atoms with van der Waals surface area (Å²) in [6, 6.07) is 0. The average Bonchev–Trinajstić information content (AvgIpc) is 2.42. The molecule has 1 rings (SSSR count). The third-order valence-electron chi connectivity index (χ3n) is 5.02. The van der Waals surface area contributed by atoms with Crippen LogP contribution in [0.15, 0.2) is 0 Å². The second kappa shape index (κ2) is 8.97. The Morgan fingerprint density at radius 2 is 1.65 bits per heavy atom. The topological polar surface area (TPSA) is 9.23 Å². The van der Waals surface area contributed by atoms with E-state index in [1.165, 1.54) is 57.8 Å². The minimum Gasteiger partial charge on any atom is -0.374 e. The predicted octanol–water partition coefficient (Wildman–Crippen LogP) is 6.38. The molecule has 0 radical (unpaired) electrons. The summed E-state index contributed by atoms with van der Waals surface area (Å²) in [5.41, 5.74) is 0.671. The van der Waals surface area contributed by atoms with E-state index in [-0.39, 0.29) is 5.60 Å². The summed E-state index contributed by atoms with van der Waals surface area (Å²) in [4.78, 5) is 0. The van der Waals surface area contributed by atoms with E-state index in [9.17, 15) is 0 Å². The van der Waals surface area contributed by atoms with Crippen LogP contribution >= 0.6 is 22.6 Å². The van der Waals surface area contributed by atoms with Crippen LogP contribution in [0.4, 0.5) is 0 Å². The maximum Gasteiger partial charge on any atom is 0.0771 e. The van der Waals surface area contributed by atoms with Crippen molar-refractivity contribution in [2.45, 2.75) is 91.1 Å². The third kappa shape index (κ3) is 6.21. The zero-order valence-corrected chi connectivity index (χ0v) is 16.3. The first-order chi connectivity index (χ1) is 9.43. The second-order valence-corrected chi connectivity index (χ2v) is 8.48. The first kappa shape index (κ1) is 18.7. The molecule has 1 aliphatic carbocycles. The maximum atomic E-state index is 6.35. The lowest BCUT2D eigenvalue weighted by molar-refractivity contribution is -0.0689. The van der Waals surface area contributed by atoms with E-state index >= 15 is 0 Å². The molecule has 2 heteroatoms. The van der Waals surface area contributed by atoms with Crippen LogP contribution in [-0.4, -0.2) is 16.6 Å². The van der Waals surface area contributed by atoms with E-state index in [1.54, 1.807) is 0 Å². The van der Waals surface area contributed by atoms with Crippen LogP contribution in [0, 0.1) is 11.3 Å². The Morgan fingerprint density at radius 1 is 1.05 bits per heavy atom. The summed E-state index contributed by atoms with van der Waals surface area (Å²) in [5, 5.41) is 0. The molecule has 0 aromatic heterocycles. The molecule has 120 valence electrons. The van der Waals surface area contributed by atoms with Crippen LogP contribution in [-0.2, 0) is 4.74 Å². The van der Waals surface area contributed by atoms with Crippen LogP contribution in [0.2, 0.25) is 0 Å². The molecule has 1 fully saturated rings. The molecule has 0 aromatic carbocycles. The van der Waals surface area contributed by atoms with Crippen molar-refractivity contribution < 1.29 is 4.74 Å². The summed E-state index contributed by atoms with van der Waals surface area (Å²) in [5.74, 6) is 0.881. The number of halogens is 1. The van der Waals surface area contributed by atoms with Gasteiger partial charge < -0.3 is 4.74 Å². The Hall–Kier alpha value is 0.690. The summed E-state index contributed by atoms with van der Waals surface area (Å²) in [7, 11) is 0. The van der Waals surface area contributed by atoms with Crippen molar-refractivity contribution in [3.63, 3.8) is 0 Å². The van der Waals surface area contributed by atoms with Gasteiger partial charge in [-0.25, -0.2) is 0 Å². The van der Waals surface area contributed by atoms with E-state index in [4.69, 9.17) is 4.74 Å². The molecule has 0 amide bonds. The fourth-order valence-electron chi connectivity index (χ4n) is 3.32. The van der Waals surface area contributed by atoms with E-state index in [1.807, 2.05) is 0 Å².